The van der Waals surface area contributed by atoms with Crippen molar-refractivity contribution in [1.29, 1.82) is 0 Å². The van der Waals surface area contributed by atoms with Crippen molar-refractivity contribution >= 4 is 11.6 Å². The third-order valence-corrected chi connectivity index (χ3v) is 3.08. The maximum Gasteiger partial charge on any atom is 0.251 e. The second-order valence-corrected chi connectivity index (χ2v) is 4.45. The number of halogens is 1. The van der Waals surface area contributed by atoms with E-state index >= 15 is 0 Å². The number of nitrogens with two attached hydrogens (primary N) is 1. The molecule has 1 amide bonds. The highest BCUT2D eigenvalue weighted by Gasteiger charge is 2.11. The van der Waals surface area contributed by atoms with Crippen molar-refractivity contribution in [1.82, 2.24) is 10.2 Å². The van der Waals surface area contributed by atoms with E-state index in [2.05, 4.69) is 10.2 Å². The molecule has 0 radical (unpaired) electrons. The Kier molecular flexibility index (Phi) is 4.70. The molecule has 0 atom stereocenters. The number of hydrogen-bond donors (Lipinski definition) is 2. The molecule has 1 aromatic carbocycles. The zero-order chi connectivity index (χ0) is 13.7. The summed E-state index contributed by atoms with van der Waals surface area (Å²) in [5, 5.41) is 2.79. The Hall–Kier alpha value is -1.66. The number of rotatable bonds is 4. The van der Waals surface area contributed by atoms with Crippen LogP contribution in [0.15, 0.2) is 18.2 Å². The van der Waals surface area contributed by atoms with Gasteiger partial charge in [-0.1, -0.05) is 0 Å². The van der Waals surface area contributed by atoms with E-state index in [4.69, 9.17) is 10.5 Å². The lowest BCUT2D eigenvalue weighted by Gasteiger charge is -2.26. The summed E-state index contributed by atoms with van der Waals surface area (Å²) in [5.74, 6) is -0.746. The highest BCUT2D eigenvalue weighted by molar-refractivity contribution is 5.95. The van der Waals surface area contributed by atoms with Gasteiger partial charge in [-0.05, 0) is 18.2 Å². The van der Waals surface area contributed by atoms with Crippen LogP contribution >= 0.6 is 0 Å². The van der Waals surface area contributed by atoms with Crippen molar-refractivity contribution in [2.45, 2.75) is 0 Å². The lowest BCUT2D eigenvalue weighted by Crippen LogP contribution is -2.41. The molecule has 0 unspecified atom stereocenters. The second kappa shape index (κ2) is 6.49. The minimum Gasteiger partial charge on any atom is -0.396 e. The van der Waals surface area contributed by atoms with E-state index < -0.39 is 5.82 Å². The fraction of sp³-hybridized carbons (Fsp3) is 0.462. The summed E-state index contributed by atoms with van der Waals surface area (Å²) < 4.78 is 18.2. The Morgan fingerprint density at radius 2 is 2.16 bits per heavy atom. The number of nitrogens with zero attached hydrogens (tertiary/aromatic N) is 1. The van der Waals surface area contributed by atoms with E-state index in [0.29, 0.717) is 12.1 Å². The molecular weight excluding hydrogens is 249 g/mol. The number of nitrogens with one attached hydrogen (secondary N) is 1. The average Bonchev–Trinajstić information content (AvgIpc) is 2.43. The van der Waals surface area contributed by atoms with Gasteiger partial charge < -0.3 is 15.8 Å². The molecule has 1 aliphatic rings. The minimum absolute atomic E-state index is 0.0131. The van der Waals surface area contributed by atoms with Gasteiger partial charge in [-0.2, -0.15) is 0 Å². The minimum atomic E-state index is -0.509. The van der Waals surface area contributed by atoms with Gasteiger partial charge in [-0.25, -0.2) is 4.39 Å². The Morgan fingerprint density at radius 1 is 1.42 bits per heavy atom. The average molecular weight is 267 g/mol. The quantitative estimate of drug-likeness (QED) is 0.778. The predicted octanol–water partition coefficient (Wildman–Crippen LogP) is 0.470. The lowest BCUT2D eigenvalue weighted by molar-refractivity contribution is 0.0383. The smallest absolute Gasteiger partial charge is 0.251 e. The van der Waals surface area contributed by atoms with E-state index in [-0.39, 0.29) is 11.6 Å². The first-order chi connectivity index (χ1) is 9.16. The highest BCUT2D eigenvalue weighted by atomic mass is 19.1. The van der Waals surface area contributed by atoms with Crippen molar-refractivity contribution in [2.75, 3.05) is 45.1 Å². The fourth-order valence-corrected chi connectivity index (χ4v) is 1.94. The largest absolute Gasteiger partial charge is 0.396 e. The molecule has 0 aliphatic carbocycles. The first kappa shape index (κ1) is 13.8. The van der Waals surface area contributed by atoms with Gasteiger partial charge in [0.05, 0.1) is 18.9 Å². The molecule has 104 valence electrons. The van der Waals surface area contributed by atoms with Crippen molar-refractivity contribution in [3.63, 3.8) is 0 Å². The Bertz CT molecular complexity index is 448. The third kappa shape index (κ3) is 3.90. The normalized spacial score (nSPS) is 16.3. The number of carbonyl (C=O) groups excluding carboxylic acids is 1. The predicted molar refractivity (Wildman–Crippen MR) is 70.4 cm³/mol. The van der Waals surface area contributed by atoms with E-state index in [9.17, 15) is 9.18 Å². The van der Waals surface area contributed by atoms with Crippen molar-refractivity contribution in [3.05, 3.63) is 29.6 Å². The zero-order valence-corrected chi connectivity index (χ0v) is 10.7. The van der Waals surface area contributed by atoms with E-state index in [1.807, 2.05) is 0 Å². The molecular formula is C13H18FN3O2. The summed E-state index contributed by atoms with van der Waals surface area (Å²) >= 11 is 0. The number of ether oxygens (including phenoxy) is 1. The van der Waals surface area contributed by atoms with Crippen LogP contribution in [0.4, 0.5) is 10.1 Å². The summed E-state index contributed by atoms with van der Waals surface area (Å²) in [6, 6.07) is 3.97. The summed E-state index contributed by atoms with van der Waals surface area (Å²) in [6.45, 7) is 4.59. The first-order valence-corrected chi connectivity index (χ1v) is 6.30. The van der Waals surface area contributed by atoms with Gasteiger partial charge >= 0.3 is 0 Å². The summed E-state index contributed by atoms with van der Waals surface area (Å²) in [4.78, 5) is 14.0. The van der Waals surface area contributed by atoms with Gasteiger partial charge in [0, 0.05) is 31.7 Å². The Morgan fingerprint density at radius 3 is 2.84 bits per heavy atom. The van der Waals surface area contributed by atoms with Crippen LogP contribution in [0, 0.1) is 5.82 Å². The van der Waals surface area contributed by atoms with Gasteiger partial charge in [0.1, 0.15) is 5.82 Å². The monoisotopic (exact) mass is 267 g/mol. The summed E-state index contributed by atoms with van der Waals surface area (Å²) in [6.07, 6.45) is 0. The van der Waals surface area contributed by atoms with Gasteiger partial charge in [-0.15, -0.1) is 0 Å². The zero-order valence-electron chi connectivity index (χ0n) is 10.7. The number of benzene rings is 1. The number of anilines is 1. The van der Waals surface area contributed by atoms with Crippen LogP contribution in [-0.2, 0) is 4.74 Å². The third-order valence-electron chi connectivity index (χ3n) is 3.08. The van der Waals surface area contributed by atoms with Crippen LogP contribution in [0.1, 0.15) is 10.4 Å². The number of carbonyl (C=O) groups is 1. The number of hydrogen-bond acceptors (Lipinski definition) is 4. The molecule has 1 heterocycles. The molecule has 1 fully saturated rings. The maximum atomic E-state index is 13.0. The molecule has 0 aromatic heterocycles. The summed E-state index contributed by atoms with van der Waals surface area (Å²) in [5.41, 5.74) is 5.79. The molecule has 6 heteroatoms. The maximum absolute atomic E-state index is 13.0. The van der Waals surface area contributed by atoms with Crippen molar-refractivity contribution < 1.29 is 13.9 Å². The fourth-order valence-electron chi connectivity index (χ4n) is 1.94. The molecule has 0 saturated carbocycles. The molecule has 19 heavy (non-hydrogen) atoms. The van der Waals surface area contributed by atoms with Crippen molar-refractivity contribution in [3.8, 4) is 0 Å². The molecule has 0 bridgehead atoms. The first-order valence-electron chi connectivity index (χ1n) is 6.30. The molecule has 5 nitrogen and oxygen atoms in total. The standard InChI is InChI=1S/C13H18FN3O2/c14-11-2-1-10(9-12(11)15)13(18)16-3-4-17-5-7-19-8-6-17/h1-2,9H,3-8,15H2,(H,16,18). The molecule has 2 rings (SSSR count). The van der Waals surface area contributed by atoms with E-state index in [0.717, 1.165) is 32.8 Å². The number of amides is 1. The van der Waals surface area contributed by atoms with Crippen LogP contribution in [0.2, 0.25) is 0 Å². The van der Waals surface area contributed by atoms with Crippen LogP contribution in [0.3, 0.4) is 0 Å². The van der Waals surface area contributed by atoms with Crippen LogP contribution in [0.5, 0.6) is 0 Å². The molecule has 1 saturated heterocycles. The Balaban J connectivity index is 1.78. The number of morpholine rings is 1. The molecule has 0 spiro atoms. The van der Waals surface area contributed by atoms with E-state index in [1.165, 1.54) is 18.2 Å². The molecule has 1 aromatic rings. The molecule has 1 aliphatic heterocycles. The van der Waals surface area contributed by atoms with Gasteiger partial charge in [0.2, 0.25) is 0 Å². The van der Waals surface area contributed by atoms with Crippen molar-refractivity contribution in [2.24, 2.45) is 0 Å². The van der Waals surface area contributed by atoms with Gasteiger partial charge in [0.25, 0.3) is 5.91 Å². The van der Waals surface area contributed by atoms with Crippen LogP contribution < -0.4 is 11.1 Å². The van der Waals surface area contributed by atoms with Crippen LogP contribution in [0.25, 0.3) is 0 Å². The Labute approximate surface area is 111 Å². The van der Waals surface area contributed by atoms with Gasteiger partial charge in [-0.3, -0.25) is 9.69 Å². The number of nitrogen functional groups attached to an aromatic ring is 1. The highest BCUT2D eigenvalue weighted by Crippen LogP contribution is 2.11. The second-order valence-electron chi connectivity index (χ2n) is 4.45. The topological polar surface area (TPSA) is 67.6 Å². The van der Waals surface area contributed by atoms with Gasteiger partial charge in [0.15, 0.2) is 0 Å². The van der Waals surface area contributed by atoms with E-state index in [1.54, 1.807) is 0 Å². The SMILES string of the molecule is Nc1cc(C(=O)NCCN2CCOCC2)ccc1F. The molecule has 3 N–H and O–H groups in total. The van der Waals surface area contributed by atoms with Crippen LogP contribution in [-0.4, -0.2) is 50.2 Å². The summed E-state index contributed by atoms with van der Waals surface area (Å²) in [7, 11) is 0. The lowest BCUT2D eigenvalue weighted by atomic mass is 10.2.